The Hall–Kier alpha value is 0.0200. The number of carbonyl (C=O) groups is 2. The molecule has 86 valence electrons. The summed E-state index contributed by atoms with van der Waals surface area (Å²) in [6, 6.07) is 0. The zero-order valence-electron chi connectivity index (χ0n) is 8.49. The summed E-state index contributed by atoms with van der Waals surface area (Å²) in [5, 5.41) is 2.78. The second-order valence-corrected chi connectivity index (χ2v) is 5.95. The molecule has 1 aliphatic rings. The molecule has 15 heavy (non-hydrogen) atoms. The van der Waals surface area contributed by atoms with Crippen molar-refractivity contribution in [1.82, 2.24) is 5.32 Å². The third-order valence-electron chi connectivity index (χ3n) is 2.21. The van der Waals surface area contributed by atoms with Crippen molar-refractivity contribution < 1.29 is 14.3 Å². The molecule has 0 saturated carbocycles. The van der Waals surface area contributed by atoms with Crippen LogP contribution in [0.3, 0.4) is 0 Å². The van der Waals surface area contributed by atoms with Gasteiger partial charge in [0.2, 0.25) is 5.91 Å². The molecule has 6 heteroatoms. The van der Waals surface area contributed by atoms with Crippen LogP contribution in [0.15, 0.2) is 0 Å². The zero-order chi connectivity index (χ0) is 11.3. The Bertz CT molecular complexity index is 244. The van der Waals surface area contributed by atoms with Crippen molar-refractivity contribution in [3.05, 3.63) is 0 Å². The third-order valence-corrected chi connectivity index (χ3v) is 4.32. The molecule has 0 aliphatic carbocycles. The van der Waals surface area contributed by atoms with Crippen LogP contribution in [0.1, 0.15) is 6.42 Å². The number of alkyl halides is 1. The molecule has 1 N–H and O–H groups in total. The number of amides is 1. The number of nitrogens with one attached hydrogen (secondary N) is 1. The highest BCUT2D eigenvalue weighted by Crippen LogP contribution is 2.23. The Morgan fingerprint density at radius 3 is 2.93 bits per heavy atom. The molecule has 0 aromatic rings. The van der Waals surface area contributed by atoms with Crippen molar-refractivity contribution in [2.75, 3.05) is 25.2 Å². The number of thioether (sulfide) groups is 1. The number of rotatable bonds is 4. The lowest BCUT2D eigenvalue weighted by atomic mass is 10.1. The van der Waals surface area contributed by atoms with Crippen LogP contribution in [0.2, 0.25) is 0 Å². The van der Waals surface area contributed by atoms with Gasteiger partial charge in [0, 0.05) is 18.2 Å². The first-order valence-corrected chi connectivity index (χ1v) is 7.12. The van der Waals surface area contributed by atoms with Gasteiger partial charge in [0.25, 0.3) is 0 Å². The summed E-state index contributed by atoms with van der Waals surface area (Å²) in [6.07, 6.45) is 0.945. The molecule has 1 amide bonds. The van der Waals surface area contributed by atoms with Crippen LogP contribution in [0.5, 0.6) is 0 Å². The molecule has 1 heterocycles. The van der Waals surface area contributed by atoms with Crippen LogP contribution in [-0.4, -0.2) is 41.0 Å². The molecule has 0 radical (unpaired) electrons. The summed E-state index contributed by atoms with van der Waals surface area (Å²) >= 11 is 3.77. The van der Waals surface area contributed by atoms with Gasteiger partial charge in [-0.25, -0.2) is 0 Å². The van der Waals surface area contributed by atoms with Gasteiger partial charge in [0.15, 0.2) is 0 Å². The normalized spacial score (nSPS) is 22.1. The molecular weight excluding hydrogens is 329 g/mol. The Balaban J connectivity index is 2.24. The fourth-order valence-electron chi connectivity index (χ4n) is 1.29. The molecule has 2 unspecified atom stereocenters. The molecule has 1 rings (SSSR count). The molecule has 4 nitrogen and oxygen atoms in total. The van der Waals surface area contributed by atoms with E-state index < -0.39 is 0 Å². The van der Waals surface area contributed by atoms with E-state index in [4.69, 9.17) is 0 Å². The van der Waals surface area contributed by atoms with Crippen LogP contribution in [0.25, 0.3) is 0 Å². The summed E-state index contributed by atoms with van der Waals surface area (Å²) < 4.78 is 4.27. The van der Waals surface area contributed by atoms with Crippen molar-refractivity contribution >= 4 is 46.2 Å². The molecule has 0 bridgehead atoms. The number of carbonyl (C=O) groups excluding carboxylic acids is 2. The average Bonchev–Trinajstić information content (AvgIpc) is 2.77. The number of hydrogen-bond donors (Lipinski definition) is 1. The van der Waals surface area contributed by atoms with E-state index in [0.717, 1.165) is 17.9 Å². The lowest BCUT2D eigenvalue weighted by Crippen LogP contribution is -2.37. The predicted octanol–water partition coefficient (Wildman–Crippen LogP) is 0.832. The van der Waals surface area contributed by atoms with E-state index in [1.54, 1.807) is 11.8 Å². The lowest BCUT2D eigenvalue weighted by molar-refractivity contribution is -0.139. The number of esters is 1. The average molecular weight is 343 g/mol. The minimum absolute atomic E-state index is 0.0607. The molecule has 0 spiro atoms. The summed E-state index contributed by atoms with van der Waals surface area (Å²) in [7, 11) is 1.35. The molecule has 1 fully saturated rings. The second-order valence-electron chi connectivity index (χ2n) is 3.30. The molecule has 0 aromatic heterocycles. The Kier molecular flexibility index (Phi) is 5.73. The Morgan fingerprint density at radius 2 is 2.40 bits per heavy atom. The largest absolute Gasteiger partial charge is 0.468 e. The predicted molar refractivity (Wildman–Crippen MR) is 68.3 cm³/mol. The standard InChI is InChI=1S/C9H14INO3S/c1-14-9(13)7(10)4-11-8(12)6-2-3-15-5-6/h6-7H,2-5H2,1H3,(H,11,12). The van der Waals surface area contributed by atoms with E-state index in [-0.39, 0.29) is 21.7 Å². The van der Waals surface area contributed by atoms with E-state index in [1.807, 2.05) is 22.6 Å². The van der Waals surface area contributed by atoms with Gasteiger partial charge in [-0.05, 0) is 12.2 Å². The van der Waals surface area contributed by atoms with Crippen LogP contribution in [0.4, 0.5) is 0 Å². The number of hydrogen-bond acceptors (Lipinski definition) is 4. The first-order chi connectivity index (χ1) is 7.15. The quantitative estimate of drug-likeness (QED) is 0.467. The van der Waals surface area contributed by atoms with Crippen molar-refractivity contribution in [3.63, 3.8) is 0 Å². The van der Waals surface area contributed by atoms with Gasteiger partial charge in [-0.2, -0.15) is 11.8 Å². The maximum atomic E-state index is 11.6. The molecule has 2 atom stereocenters. The Labute approximate surface area is 107 Å². The first-order valence-electron chi connectivity index (χ1n) is 4.72. The smallest absolute Gasteiger partial charge is 0.320 e. The number of ether oxygens (including phenoxy) is 1. The number of methoxy groups -OCH3 is 1. The Morgan fingerprint density at radius 1 is 1.67 bits per heavy atom. The summed E-state index contributed by atoms with van der Waals surface area (Å²) in [4.78, 5) is 22.6. The maximum Gasteiger partial charge on any atom is 0.320 e. The van der Waals surface area contributed by atoms with Gasteiger partial charge < -0.3 is 10.1 Å². The van der Waals surface area contributed by atoms with Crippen LogP contribution >= 0.6 is 34.4 Å². The molecule has 1 saturated heterocycles. The third kappa shape index (κ3) is 4.18. The van der Waals surface area contributed by atoms with Gasteiger partial charge in [0.1, 0.15) is 3.92 Å². The van der Waals surface area contributed by atoms with E-state index >= 15 is 0 Å². The first kappa shape index (κ1) is 13.1. The van der Waals surface area contributed by atoms with Crippen LogP contribution < -0.4 is 5.32 Å². The van der Waals surface area contributed by atoms with E-state index in [0.29, 0.717) is 6.54 Å². The van der Waals surface area contributed by atoms with Gasteiger partial charge >= 0.3 is 5.97 Å². The second kappa shape index (κ2) is 6.57. The minimum atomic E-state index is -0.300. The maximum absolute atomic E-state index is 11.6. The lowest BCUT2D eigenvalue weighted by Gasteiger charge is -2.12. The minimum Gasteiger partial charge on any atom is -0.468 e. The highest BCUT2D eigenvalue weighted by Gasteiger charge is 2.24. The SMILES string of the molecule is COC(=O)C(I)CNC(=O)C1CCSC1. The van der Waals surface area contributed by atoms with Gasteiger partial charge in [-0.15, -0.1) is 0 Å². The van der Waals surface area contributed by atoms with Gasteiger partial charge in [0.05, 0.1) is 7.11 Å². The van der Waals surface area contributed by atoms with E-state index in [2.05, 4.69) is 10.1 Å². The summed E-state index contributed by atoms with van der Waals surface area (Å²) in [6.45, 7) is 0.354. The van der Waals surface area contributed by atoms with Crippen molar-refractivity contribution in [2.45, 2.75) is 10.3 Å². The van der Waals surface area contributed by atoms with Crippen LogP contribution in [-0.2, 0) is 14.3 Å². The summed E-state index contributed by atoms with van der Waals surface area (Å²) in [5.41, 5.74) is 0. The van der Waals surface area contributed by atoms with Crippen molar-refractivity contribution in [1.29, 1.82) is 0 Å². The topological polar surface area (TPSA) is 55.4 Å². The fourth-order valence-corrected chi connectivity index (χ4v) is 2.98. The zero-order valence-corrected chi connectivity index (χ0v) is 11.5. The molecule has 0 aromatic carbocycles. The fraction of sp³-hybridized carbons (Fsp3) is 0.778. The van der Waals surface area contributed by atoms with E-state index in [1.165, 1.54) is 7.11 Å². The summed E-state index contributed by atoms with van der Waals surface area (Å²) in [5.74, 6) is 1.84. The molecule has 1 aliphatic heterocycles. The molecular formula is C9H14INO3S. The number of halogens is 1. The monoisotopic (exact) mass is 343 g/mol. The van der Waals surface area contributed by atoms with Crippen molar-refractivity contribution in [3.8, 4) is 0 Å². The van der Waals surface area contributed by atoms with Gasteiger partial charge in [-0.1, -0.05) is 22.6 Å². The highest BCUT2D eigenvalue weighted by atomic mass is 127. The highest BCUT2D eigenvalue weighted by molar-refractivity contribution is 14.1. The van der Waals surface area contributed by atoms with Crippen molar-refractivity contribution in [2.24, 2.45) is 5.92 Å². The van der Waals surface area contributed by atoms with Crippen LogP contribution in [0, 0.1) is 5.92 Å². The van der Waals surface area contributed by atoms with E-state index in [9.17, 15) is 9.59 Å². The van der Waals surface area contributed by atoms with Gasteiger partial charge in [-0.3, -0.25) is 9.59 Å².